The Morgan fingerprint density at radius 1 is 0.701 bits per heavy atom. The molecule has 4 fully saturated rings. The van der Waals surface area contributed by atoms with E-state index >= 15 is 0 Å². The largest absolute Gasteiger partial charge is 0.416 e. The van der Waals surface area contributed by atoms with Gasteiger partial charge >= 0.3 is 18.9 Å². The summed E-state index contributed by atoms with van der Waals surface area (Å²) in [6.45, 7) is 7.80. The van der Waals surface area contributed by atoms with E-state index in [-0.39, 0.29) is 35.6 Å². The second-order valence-electron chi connectivity index (χ2n) is 22.5. The Morgan fingerprint density at radius 2 is 1.25 bits per heavy atom. The van der Waals surface area contributed by atoms with Gasteiger partial charge in [-0.1, -0.05) is 41.3 Å². The van der Waals surface area contributed by atoms with E-state index in [1.54, 1.807) is 54.7 Å². The first-order chi connectivity index (χ1) is 42.1. The Hall–Kier alpha value is -9.73. The number of halogens is 3. The number of carbonyl (C=O) groups excluding carboxylic acids is 3. The molecule has 2 atom stereocenters. The minimum atomic E-state index is -4.52. The molecule has 4 aliphatic rings. The standard InChI is InChI=1S/C63H64F3N17O4/c1-38-54(56-58(67)72-35-74-60(56)82(38)47-22-28-79(33-47)52(84)6-4-26-78(3)45-14-15-45)41-8-10-43(11-9-41)62(86)76-50-30-40(20-24-70-50)32-69-37-81(46-16-17-46)27-5-7-53(85)80-29-23-48(34-80)83-39(2)55(57-59(68)73-36-75-61(57)83)42-12-18-49(19-13-42)87-77-51-31-44(21-25-71-51)63(64,65)66/h4-13,18-21,24-25,30-31,35-36,45-48H,14-17,22-23,26-29,33-34,37H2,1-3H3,(H5-,67,68,70,71,72,73,74,75,76,77,86)/p+1/b6-4+,7-5+/t47-,48-/m1/s1. The second kappa shape index (κ2) is 24.3. The van der Waals surface area contributed by atoms with Crippen molar-refractivity contribution in [2.45, 2.75) is 82.7 Å². The van der Waals surface area contributed by atoms with Crippen LogP contribution in [-0.4, -0.2) is 141 Å². The van der Waals surface area contributed by atoms with Crippen LogP contribution in [0.1, 0.15) is 83.5 Å². The summed E-state index contributed by atoms with van der Waals surface area (Å²) in [5.41, 5.74) is 22.3. The highest BCUT2D eigenvalue weighted by Crippen LogP contribution is 2.42. The molecular formula is C63H65F3N17O4+. The smallest absolute Gasteiger partial charge is 0.383 e. The van der Waals surface area contributed by atoms with Gasteiger partial charge in [-0.05, 0) is 113 Å². The number of likely N-dealkylation sites (tertiary alicyclic amines) is 2. The number of amides is 3. The van der Waals surface area contributed by atoms with Crippen molar-refractivity contribution >= 4 is 63.1 Å². The third kappa shape index (κ3) is 12.5. The molecule has 0 spiro atoms. The summed E-state index contributed by atoms with van der Waals surface area (Å²) in [5, 5.41) is 4.31. The minimum Gasteiger partial charge on any atom is -0.383 e. The molecule has 0 bridgehead atoms. The summed E-state index contributed by atoms with van der Waals surface area (Å²) in [4.78, 5) is 85.2. The van der Waals surface area contributed by atoms with E-state index in [0.29, 0.717) is 109 Å². The average Bonchev–Trinajstić information content (AvgIpc) is 1.72. The van der Waals surface area contributed by atoms with Crippen LogP contribution >= 0.6 is 0 Å². The lowest BCUT2D eigenvalue weighted by Gasteiger charge is -2.18. The Bertz CT molecular complexity index is 4050. The van der Waals surface area contributed by atoms with Crippen LogP contribution in [0.2, 0.25) is 0 Å². The zero-order chi connectivity index (χ0) is 60.5. The van der Waals surface area contributed by atoms with Crippen molar-refractivity contribution in [2.24, 2.45) is 0 Å². The van der Waals surface area contributed by atoms with Gasteiger partial charge in [0.15, 0.2) is 11.6 Å². The van der Waals surface area contributed by atoms with Crippen LogP contribution in [-0.2, 0) is 15.8 Å². The van der Waals surface area contributed by atoms with Gasteiger partial charge < -0.3 is 40.6 Å². The van der Waals surface area contributed by atoms with Crippen LogP contribution in [0, 0.1) is 19.9 Å². The molecule has 2 saturated carbocycles. The highest BCUT2D eigenvalue weighted by molar-refractivity contribution is 6.06. The fourth-order valence-electron chi connectivity index (χ4n) is 11.9. The molecular weight excluding hydrogens is 1120 g/mol. The van der Waals surface area contributed by atoms with Gasteiger partial charge in [-0.15, -0.1) is 0 Å². The molecule has 2 saturated heterocycles. The van der Waals surface area contributed by atoms with Crippen molar-refractivity contribution in [1.29, 1.82) is 0 Å². The average molecular weight is 1180 g/mol. The number of nitrogens with zero attached hydrogens (tertiary/aromatic N) is 13. The maximum atomic E-state index is 13.7. The summed E-state index contributed by atoms with van der Waals surface area (Å²) < 4.78 is 44.0. The molecule has 446 valence electrons. The second-order valence-corrected chi connectivity index (χ2v) is 22.5. The van der Waals surface area contributed by atoms with Crippen molar-refractivity contribution < 1.29 is 32.4 Å². The number of alkyl halides is 3. The Morgan fingerprint density at radius 3 is 1.83 bits per heavy atom. The molecule has 3 amide bonds. The van der Waals surface area contributed by atoms with E-state index in [0.717, 1.165) is 83.2 Å². The number of hydrogen-bond donors (Lipinski definition) is 4. The fraction of sp³-hybridized carbons (Fsp3) is 0.333. The summed E-state index contributed by atoms with van der Waals surface area (Å²) >= 11 is 0. The molecule has 12 rings (SSSR count). The van der Waals surface area contributed by atoms with Gasteiger partial charge in [-0.25, -0.2) is 40.3 Å². The van der Waals surface area contributed by atoms with Crippen molar-refractivity contribution in [3.63, 3.8) is 0 Å². The topological polar surface area (TPSA) is 241 Å². The number of nitrogens with two attached hydrogens (primary N) is 2. The number of anilines is 4. The fourth-order valence-corrected chi connectivity index (χ4v) is 11.9. The number of nitrogen functional groups attached to an aromatic ring is 2. The number of carbonyl (C=O) groups is 3. The molecule has 87 heavy (non-hydrogen) atoms. The third-order valence-electron chi connectivity index (χ3n) is 16.7. The minimum absolute atomic E-state index is 0.00568. The van der Waals surface area contributed by atoms with Crippen molar-refractivity contribution in [3.05, 3.63) is 155 Å². The normalized spacial score (nSPS) is 17.1. The molecule has 8 heterocycles. The van der Waals surface area contributed by atoms with Gasteiger partial charge in [0.05, 0.1) is 28.4 Å². The maximum absolute atomic E-state index is 13.7. The number of rotatable bonds is 18. The molecule has 24 heteroatoms. The van der Waals surface area contributed by atoms with Crippen molar-refractivity contribution in [2.75, 3.05) is 75.2 Å². The summed E-state index contributed by atoms with van der Waals surface area (Å²) in [6, 6.07) is 23.5. The van der Waals surface area contributed by atoms with E-state index < -0.39 is 11.7 Å². The van der Waals surface area contributed by atoms with Crippen LogP contribution in [0.25, 0.3) is 49.2 Å². The first kappa shape index (κ1) is 57.7. The van der Waals surface area contributed by atoms with Gasteiger partial charge in [0.25, 0.3) is 5.91 Å². The number of pyridine rings is 2. The molecule has 6 N–H and O–H groups in total. The number of nitrogens with one attached hydrogen (secondary N) is 2. The molecule has 2 aliphatic heterocycles. The third-order valence-corrected chi connectivity index (χ3v) is 16.7. The molecule has 6 aromatic heterocycles. The lowest BCUT2D eigenvalue weighted by Crippen LogP contribution is -2.29. The van der Waals surface area contributed by atoms with E-state index in [2.05, 4.69) is 77.6 Å². The van der Waals surface area contributed by atoms with Gasteiger partial charge in [-0.2, -0.15) is 13.2 Å². The molecule has 0 radical (unpaired) electrons. The Balaban J connectivity index is 0.646. The van der Waals surface area contributed by atoms with E-state index in [9.17, 15) is 27.6 Å². The van der Waals surface area contributed by atoms with Crippen molar-refractivity contribution in [1.82, 2.24) is 58.6 Å². The van der Waals surface area contributed by atoms with Crippen molar-refractivity contribution in [3.8, 4) is 34.1 Å². The lowest BCUT2D eigenvalue weighted by molar-refractivity contribution is -0.137. The quantitative estimate of drug-likeness (QED) is 0.0462. The zero-order valence-corrected chi connectivity index (χ0v) is 48.3. The highest BCUT2D eigenvalue weighted by atomic mass is 19.4. The van der Waals surface area contributed by atoms with Crippen LogP contribution in [0.15, 0.2) is 122 Å². The first-order valence-corrected chi connectivity index (χ1v) is 29.0. The SMILES string of the molecule is Cc1c(-c2ccc(ONc3cc(C(F)(F)F)ccn3)cc2)c2c(N)ncnc2n1[C@@H]1CCN(C(=O)/C=C/CN(C[N+]#Cc2ccnc(NC(=O)c3ccc(-c4c(C)n([C@@H]5CCN(C(=O)/C=C/CN(C)C6CC6)C5)c5ncnc(N)c45)cc3)c2)C2CC2)C1. The van der Waals surface area contributed by atoms with Gasteiger partial charge in [0, 0.05) is 110 Å². The maximum Gasteiger partial charge on any atom is 0.416 e. The number of benzene rings is 2. The monoisotopic (exact) mass is 1180 g/mol. The number of hydrogen-bond acceptors (Lipinski definition) is 15. The molecule has 2 aliphatic carbocycles. The zero-order valence-electron chi connectivity index (χ0n) is 48.3. The summed E-state index contributed by atoms with van der Waals surface area (Å²) in [5.74, 6) is 0.798. The van der Waals surface area contributed by atoms with Gasteiger partial charge in [0.2, 0.25) is 11.8 Å². The van der Waals surface area contributed by atoms with E-state index in [1.807, 2.05) is 60.1 Å². The molecule has 2 aromatic carbocycles. The Kier molecular flexibility index (Phi) is 16.1. The van der Waals surface area contributed by atoms with Gasteiger partial charge in [-0.3, -0.25) is 19.3 Å². The summed E-state index contributed by atoms with van der Waals surface area (Å²) in [6.07, 6.45) is 14.1. The molecule has 0 unspecified atom stereocenters. The van der Waals surface area contributed by atoms with Crippen LogP contribution in [0.3, 0.4) is 0 Å². The van der Waals surface area contributed by atoms with E-state index in [4.69, 9.17) is 16.3 Å². The van der Waals surface area contributed by atoms with Crippen LogP contribution in [0.4, 0.5) is 36.4 Å². The highest BCUT2D eigenvalue weighted by Gasteiger charge is 2.35. The van der Waals surface area contributed by atoms with Gasteiger partial charge in [0.1, 0.15) is 47.0 Å². The first-order valence-electron chi connectivity index (χ1n) is 29.0. The lowest BCUT2D eigenvalue weighted by atomic mass is 10.0. The summed E-state index contributed by atoms with van der Waals surface area (Å²) in [7, 11) is 2.09. The van der Waals surface area contributed by atoms with Crippen LogP contribution < -0.4 is 27.1 Å². The Labute approximate surface area is 499 Å². The molecule has 21 nitrogen and oxygen atoms in total. The predicted octanol–water partition coefficient (Wildman–Crippen LogP) is 9.31. The number of likely N-dealkylation sites (N-methyl/N-ethyl adjacent to an activating group) is 1. The molecule has 8 aromatic rings. The van der Waals surface area contributed by atoms with Crippen LogP contribution in [0.5, 0.6) is 5.75 Å². The number of fused-ring (bicyclic) bond motifs is 2. The number of aromatic nitrogens is 8. The van der Waals surface area contributed by atoms with E-state index in [1.165, 1.54) is 25.5 Å². The predicted molar refractivity (Wildman–Crippen MR) is 325 cm³/mol.